The van der Waals surface area contributed by atoms with Gasteiger partial charge in [0.05, 0.1) is 39.9 Å². The minimum Gasteiger partial charge on any atom is -0.387 e. The number of aliphatic hydroxyl groups is 1. The number of phosphoric ester groups is 1. The molecule has 0 spiro atoms. The first-order valence-electron chi connectivity index (χ1n) is 28.2. The average molecular weight is 1020 g/mol. The summed E-state index contributed by atoms with van der Waals surface area (Å²) in [7, 11) is 1.51. The van der Waals surface area contributed by atoms with Crippen LogP contribution in [0.3, 0.4) is 0 Å². The molecule has 0 heterocycles. The standard InChI is InChI=1S/C63H105N2O6P/c1-6-8-10-12-14-16-18-20-22-23-24-25-26-27-28-29-30-31-32-33-34-35-36-37-38-39-40-41-43-45-47-49-51-53-55-57-63(67)64-61(60-71-72(68,69)70-59-58-65(3,4)5)62(66)56-54-52-50-48-46-44-42-21-19-17-15-13-11-9-7-2/h8,10,14,16,19-22,24-25,27-28,30-31,33-34,36-37,39-40,46,48,54,56,61-62,66H,6-7,9,11-13,15,17-18,23,26,29,32,35,38,41-45,47,49-53,55,57-60H2,1-5H3,(H-,64,67,68,69)/p+1/b10-8-,16-14-,21-19+,22-20-,25-24-,28-27-,31-30-,34-33-,37-36-,40-39-,48-46+,56-54+. The Morgan fingerprint density at radius 1 is 0.486 bits per heavy atom. The summed E-state index contributed by atoms with van der Waals surface area (Å²) in [6.45, 7) is 4.62. The number of hydrogen-bond donors (Lipinski definition) is 3. The zero-order chi connectivity index (χ0) is 52.7. The van der Waals surface area contributed by atoms with Gasteiger partial charge in [0.2, 0.25) is 5.91 Å². The van der Waals surface area contributed by atoms with Gasteiger partial charge in [-0.2, -0.15) is 0 Å². The molecule has 3 unspecified atom stereocenters. The molecule has 3 N–H and O–H groups in total. The van der Waals surface area contributed by atoms with Crippen molar-refractivity contribution in [3.8, 4) is 0 Å². The van der Waals surface area contributed by atoms with Crippen molar-refractivity contribution in [1.29, 1.82) is 0 Å². The Kier molecular flexibility index (Phi) is 49.6. The second-order valence-corrected chi connectivity index (χ2v) is 21.0. The van der Waals surface area contributed by atoms with Gasteiger partial charge in [-0.15, -0.1) is 0 Å². The molecule has 0 aromatic heterocycles. The predicted octanol–water partition coefficient (Wildman–Crippen LogP) is 17.3. The van der Waals surface area contributed by atoms with E-state index < -0.39 is 20.0 Å². The molecule has 0 bridgehead atoms. The lowest BCUT2D eigenvalue weighted by atomic mass is 10.1. The fourth-order valence-electron chi connectivity index (χ4n) is 7.12. The normalized spacial score (nSPS) is 15.0. The maximum Gasteiger partial charge on any atom is 0.472 e. The van der Waals surface area contributed by atoms with Crippen LogP contribution in [0.2, 0.25) is 0 Å². The van der Waals surface area contributed by atoms with Gasteiger partial charge in [0.1, 0.15) is 13.2 Å². The van der Waals surface area contributed by atoms with Gasteiger partial charge in [-0.1, -0.05) is 217 Å². The molecule has 0 fully saturated rings. The van der Waals surface area contributed by atoms with Crippen LogP contribution in [0.25, 0.3) is 0 Å². The van der Waals surface area contributed by atoms with E-state index in [2.05, 4.69) is 153 Å². The van der Waals surface area contributed by atoms with E-state index in [1.54, 1.807) is 6.08 Å². The summed E-state index contributed by atoms with van der Waals surface area (Å²) in [6.07, 6.45) is 80.9. The highest BCUT2D eigenvalue weighted by atomic mass is 31.2. The van der Waals surface area contributed by atoms with E-state index in [0.717, 1.165) is 116 Å². The largest absolute Gasteiger partial charge is 0.472 e. The molecule has 1 amide bonds. The molecule has 0 aromatic carbocycles. The lowest BCUT2D eigenvalue weighted by Crippen LogP contribution is -2.45. The Bertz CT molecular complexity index is 1670. The van der Waals surface area contributed by atoms with Gasteiger partial charge in [-0.05, 0) is 116 Å². The molecule has 0 aliphatic rings. The van der Waals surface area contributed by atoms with E-state index >= 15 is 0 Å². The molecule has 8 nitrogen and oxygen atoms in total. The summed E-state index contributed by atoms with van der Waals surface area (Å²) in [4.78, 5) is 23.2. The first-order valence-corrected chi connectivity index (χ1v) is 29.7. The quantitative estimate of drug-likeness (QED) is 0.0243. The highest BCUT2D eigenvalue weighted by Gasteiger charge is 2.27. The summed E-state index contributed by atoms with van der Waals surface area (Å²) in [5, 5.41) is 13.9. The molecule has 0 aliphatic carbocycles. The lowest BCUT2D eigenvalue weighted by Gasteiger charge is -2.25. The van der Waals surface area contributed by atoms with E-state index in [1.165, 1.54) is 57.8 Å². The van der Waals surface area contributed by atoms with Crippen LogP contribution in [0.15, 0.2) is 146 Å². The number of carbonyl (C=O) groups excluding carboxylic acids is 1. The Balaban J connectivity index is 4.27. The maximum absolute atomic E-state index is 13.0. The molecule has 3 atom stereocenters. The molecule has 408 valence electrons. The number of allylic oxidation sites excluding steroid dienone is 23. The third-order valence-corrected chi connectivity index (χ3v) is 12.5. The number of aliphatic hydroxyl groups excluding tert-OH is 1. The number of rotatable bonds is 49. The van der Waals surface area contributed by atoms with Gasteiger partial charge >= 0.3 is 7.82 Å². The van der Waals surface area contributed by atoms with E-state index in [1.807, 2.05) is 27.2 Å². The third kappa shape index (κ3) is 54.2. The van der Waals surface area contributed by atoms with Gasteiger partial charge in [-0.25, -0.2) is 4.57 Å². The number of phosphoric acid groups is 1. The highest BCUT2D eigenvalue weighted by molar-refractivity contribution is 7.47. The number of quaternary nitrogens is 1. The van der Waals surface area contributed by atoms with E-state index in [4.69, 9.17) is 9.05 Å². The first kappa shape index (κ1) is 68.4. The first-order chi connectivity index (χ1) is 35.0. The number of amides is 1. The number of carbonyl (C=O) groups is 1. The number of nitrogens with zero attached hydrogens (tertiary/aromatic N) is 1. The average Bonchev–Trinajstić information content (AvgIpc) is 3.34. The zero-order valence-electron chi connectivity index (χ0n) is 46.4. The summed E-state index contributed by atoms with van der Waals surface area (Å²) in [6, 6.07) is -0.887. The van der Waals surface area contributed by atoms with Crippen LogP contribution in [0.1, 0.15) is 194 Å². The maximum atomic E-state index is 13.0. The smallest absolute Gasteiger partial charge is 0.387 e. The fourth-order valence-corrected chi connectivity index (χ4v) is 7.86. The van der Waals surface area contributed by atoms with Crippen molar-refractivity contribution >= 4 is 13.7 Å². The van der Waals surface area contributed by atoms with Gasteiger partial charge < -0.3 is 19.8 Å². The van der Waals surface area contributed by atoms with Gasteiger partial charge in [-0.3, -0.25) is 13.8 Å². The van der Waals surface area contributed by atoms with Crippen molar-refractivity contribution in [2.75, 3.05) is 40.9 Å². The molecule has 0 saturated carbocycles. The number of hydrogen-bond acceptors (Lipinski definition) is 5. The Hall–Kier alpha value is -3.62. The number of unbranched alkanes of at least 4 members (excludes halogenated alkanes) is 14. The molecule has 9 heteroatoms. The summed E-state index contributed by atoms with van der Waals surface area (Å²) >= 11 is 0. The zero-order valence-corrected chi connectivity index (χ0v) is 47.2. The molecule has 0 saturated heterocycles. The predicted molar refractivity (Wildman–Crippen MR) is 313 cm³/mol. The molecule has 0 radical (unpaired) electrons. The van der Waals surface area contributed by atoms with Crippen molar-refractivity contribution in [2.24, 2.45) is 0 Å². The highest BCUT2D eigenvalue weighted by Crippen LogP contribution is 2.43. The second-order valence-electron chi connectivity index (χ2n) is 19.6. The van der Waals surface area contributed by atoms with Gasteiger partial charge in [0.25, 0.3) is 0 Å². The topological polar surface area (TPSA) is 105 Å². The second kappa shape index (κ2) is 52.3. The molecular formula is C63H106N2O6P+. The lowest BCUT2D eigenvalue weighted by molar-refractivity contribution is -0.870. The summed E-state index contributed by atoms with van der Waals surface area (Å²) < 4.78 is 23.6. The Labute approximate surface area is 442 Å². The SMILES string of the molecule is CC/C=C\C/C=C\C/C=C\C/C=C\C/C=C\C/C=C\C/C=C\C/C=C\C/C=C\CCCCCCCCCC(=O)NC(COP(=O)(O)OCC[N+](C)(C)C)C(O)/C=C/CC/C=C/CC/C=C/CCCCCCC. The van der Waals surface area contributed by atoms with Crippen LogP contribution in [0, 0.1) is 0 Å². The Morgan fingerprint density at radius 3 is 1.28 bits per heavy atom. The number of likely N-dealkylation sites (N-methyl/N-ethyl adjacent to an activating group) is 1. The summed E-state index contributed by atoms with van der Waals surface area (Å²) in [5.41, 5.74) is 0. The van der Waals surface area contributed by atoms with E-state index in [9.17, 15) is 19.4 Å². The number of nitrogens with one attached hydrogen (secondary N) is 1. The minimum absolute atomic E-state index is 0.0430. The molecule has 0 aliphatic heterocycles. The van der Waals surface area contributed by atoms with Crippen LogP contribution in [0.4, 0.5) is 0 Å². The fraction of sp³-hybridized carbons (Fsp3) is 0.603. The van der Waals surface area contributed by atoms with Gasteiger partial charge in [0, 0.05) is 6.42 Å². The molecule has 72 heavy (non-hydrogen) atoms. The molecule has 0 rings (SSSR count). The van der Waals surface area contributed by atoms with E-state index in [0.29, 0.717) is 17.4 Å². The Morgan fingerprint density at radius 2 is 0.847 bits per heavy atom. The molecular weight excluding hydrogens is 912 g/mol. The minimum atomic E-state index is -4.37. The van der Waals surface area contributed by atoms with Crippen LogP contribution < -0.4 is 5.32 Å². The van der Waals surface area contributed by atoms with E-state index in [-0.39, 0.29) is 19.1 Å². The molecule has 0 aromatic rings. The van der Waals surface area contributed by atoms with Crippen molar-refractivity contribution in [2.45, 2.75) is 206 Å². The van der Waals surface area contributed by atoms with Crippen LogP contribution in [-0.4, -0.2) is 73.4 Å². The van der Waals surface area contributed by atoms with Crippen LogP contribution in [-0.2, 0) is 18.4 Å². The monoisotopic (exact) mass is 1020 g/mol. The van der Waals surface area contributed by atoms with Crippen molar-refractivity contribution in [3.63, 3.8) is 0 Å². The van der Waals surface area contributed by atoms with Gasteiger partial charge in [0.15, 0.2) is 0 Å². The van der Waals surface area contributed by atoms with Crippen molar-refractivity contribution in [3.05, 3.63) is 146 Å². The van der Waals surface area contributed by atoms with Crippen molar-refractivity contribution < 1.29 is 32.9 Å². The summed E-state index contributed by atoms with van der Waals surface area (Å²) in [5.74, 6) is -0.210. The van der Waals surface area contributed by atoms with Crippen molar-refractivity contribution in [1.82, 2.24) is 5.32 Å². The van der Waals surface area contributed by atoms with Crippen LogP contribution in [0.5, 0.6) is 0 Å². The van der Waals surface area contributed by atoms with Crippen LogP contribution >= 0.6 is 7.82 Å². The third-order valence-electron chi connectivity index (χ3n) is 11.5.